The van der Waals surface area contributed by atoms with Crippen LogP contribution in [0.25, 0.3) is 10.8 Å². The van der Waals surface area contributed by atoms with E-state index in [1.54, 1.807) is 6.07 Å². The maximum atomic E-state index is 12.7. The zero-order chi connectivity index (χ0) is 13.7. The molecule has 20 heavy (non-hydrogen) atoms. The maximum Gasteiger partial charge on any atom is 0.198 e. The Labute approximate surface area is 124 Å². The highest BCUT2D eigenvalue weighted by atomic mass is 79.9. The van der Waals surface area contributed by atoms with Crippen LogP contribution in [-0.2, 0) is 12.8 Å². The molecule has 0 atom stereocenters. The fourth-order valence-corrected chi connectivity index (χ4v) is 3.47. The summed E-state index contributed by atoms with van der Waals surface area (Å²) in [4.78, 5) is 12.7. The lowest BCUT2D eigenvalue weighted by Gasteiger charge is -2.07. The van der Waals surface area contributed by atoms with Crippen molar-refractivity contribution in [3.05, 3.63) is 69.6 Å². The first kappa shape index (κ1) is 11.9. The van der Waals surface area contributed by atoms with Gasteiger partial charge in [-0.15, -0.1) is 0 Å². The molecule has 1 aliphatic carbocycles. The third kappa shape index (κ3) is 1.59. The summed E-state index contributed by atoms with van der Waals surface area (Å²) in [5.74, 6) is 0.00113. The molecule has 1 aromatic heterocycles. The van der Waals surface area contributed by atoms with Crippen molar-refractivity contribution in [3.63, 3.8) is 0 Å². The third-order valence-electron chi connectivity index (χ3n) is 3.98. The lowest BCUT2D eigenvalue weighted by atomic mass is 9.95. The summed E-state index contributed by atoms with van der Waals surface area (Å²) in [5.41, 5.74) is 4.01. The highest BCUT2D eigenvalue weighted by Gasteiger charge is 2.21. The van der Waals surface area contributed by atoms with Crippen LogP contribution in [0.3, 0.4) is 0 Å². The predicted octanol–water partition coefficient (Wildman–Crippen LogP) is 4.52. The standard InChI is InChI=1S/C17H11BrO2/c18-17-14(8-9-20-17)16(19)13-7-6-11-5-4-10-2-1-3-12(13)15(10)11/h1-3,6-9H,4-5H2. The van der Waals surface area contributed by atoms with Crippen LogP contribution in [-0.4, -0.2) is 5.78 Å². The van der Waals surface area contributed by atoms with Crippen LogP contribution in [0.1, 0.15) is 27.0 Å². The molecule has 3 aromatic rings. The van der Waals surface area contributed by atoms with Crippen molar-refractivity contribution < 1.29 is 9.21 Å². The number of benzene rings is 2. The quantitative estimate of drug-likeness (QED) is 0.648. The van der Waals surface area contributed by atoms with Gasteiger partial charge < -0.3 is 4.42 Å². The van der Waals surface area contributed by atoms with Gasteiger partial charge in [-0.2, -0.15) is 0 Å². The normalized spacial score (nSPS) is 13.1. The van der Waals surface area contributed by atoms with E-state index >= 15 is 0 Å². The number of aryl methyl sites for hydroxylation is 2. The molecule has 0 radical (unpaired) electrons. The van der Waals surface area contributed by atoms with Gasteiger partial charge in [0, 0.05) is 5.56 Å². The van der Waals surface area contributed by atoms with Crippen LogP contribution in [0.15, 0.2) is 51.7 Å². The summed E-state index contributed by atoms with van der Waals surface area (Å²) in [6, 6.07) is 12.0. The average molecular weight is 327 g/mol. The number of ketones is 1. The molecule has 0 spiro atoms. The molecule has 4 rings (SSSR count). The Bertz CT molecular complexity index is 835. The molecule has 0 N–H and O–H groups in total. The molecule has 3 heteroatoms. The van der Waals surface area contributed by atoms with Gasteiger partial charge in [0.15, 0.2) is 10.5 Å². The molecule has 2 aromatic carbocycles. The smallest absolute Gasteiger partial charge is 0.198 e. The van der Waals surface area contributed by atoms with Gasteiger partial charge in [-0.05, 0) is 56.7 Å². The Morgan fingerprint density at radius 3 is 2.55 bits per heavy atom. The third-order valence-corrected chi connectivity index (χ3v) is 4.60. The summed E-state index contributed by atoms with van der Waals surface area (Å²) >= 11 is 3.28. The Morgan fingerprint density at radius 2 is 1.80 bits per heavy atom. The van der Waals surface area contributed by atoms with E-state index in [2.05, 4.69) is 28.1 Å². The molecule has 0 saturated heterocycles. The van der Waals surface area contributed by atoms with Crippen molar-refractivity contribution in [3.8, 4) is 0 Å². The van der Waals surface area contributed by atoms with Crippen molar-refractivity contribution in [1.29, 1.82) is 0 Å². The van der Waals surface area contributed by atoms with Crippen molar-refractivity contribution in [1.82, 2.24) is 0 Å². The summed E-state index contributed by atoms with van der Waals surface area (Å²) in [6.45, 7) is 0. The zero-order valence-electron chi connectivity index (χ0n) is 10.7. The highest BCUT2D eigenvalue weighted by molar-refractivity contribution is 9.10. The van der Waals surface area contributed by atoms with Gasteiger partial charge in [0.1, 0.15) is 0 Å². The fraction of sp³-hybridized carbons (Fsp3) is 0.118. The second-order valence-electron chi connectivity index (χ2n) is 5.05. The van der Waals surface area contributed by atoms with E-state index in [4.69, 9.17) is 4.42 Å². The molecular formula is C17H11BrO2. The van der Waals surface area contributed by atoms with Crippen LogP contribution >= 0.6 is 15.9 Å². The van der Waals surface area contributed by atoms with Gasteiger partial charge in [0.05, 0.1) is 11.8 Å². The Kier molecular flexibility index (Phi) is 2.57. The monoisotopic (exact) mass is 326 g/mol. The van der Waals surface area contributed by atoms with Gasteiger partial charge in [-0.25, -0.2) is 0 Å². The minimum Gasteiger partial charge on any atom is -0.457 e. The lowest BCUT2D eigenvalue weighted by Crippen LogP contribution is -2.02. The molecule has 0 fully saturated rings. The molecule has 2 nitrogen and oxygen atoms in total. The minimum atomic E-state index is 0.00113. The number of hydrogen-bond acceptors (Lipinski definition) is 2. The first-order valence-corrected chi connectivity index (χ1v) is 7.36. The second-order valence-corrected chi connectivity index (χ2v) is 5.77. The molecular weight excluding hydrogens is 316 g/mol. The van der Waals surface area contributed by atoms with Gasteiger partial charge in [-0.1, -0.05) is 30.3 Å². The molecule has 98 valence electrons. The number of carbonyl (C=O) groups is 1. The molecule has 0 amide bonds. The van der Waals surface area contributed by atoms with Gasteiger partial charge in [0.2, 0.25) is 0 Å². The predicted molar refractivity (Wildman–Crippen MR) is 81.2 cm³/mol. The summed E-state index contributed by atoms with van der Waals surface area (Å²) in [5, 5.41) is 2.31. The Hall–Kier alpha value is -1.87. The van der Waals surface area contributed by atoms with Gasteiger partial charge in [-0.3, -0.25) is 4.79 Å². The summed E-state index contributed by atoms with van der Waals surface area (Å²) in [6.07, 6.45) is 3.66. The molecule has 0 unspecified atom stereocenters. The topological polar surface area (TPSA) is 30.2 Å². The van der Waals surface area contributed by atoms with Crippen molar-refractivity contribution >= 4 is 32.5 Å². The lowest BCUT2D eigenvalue weighted by molar-refractivity contribution is 0.103. The van der Waals surface area contributed by atoms with E-state index in [1.165, 1.54) is 22.8 Å². The van der Waals surface area contributed by atoms with Crippen molar-refractivity contribution in [2.75, 3.05) is 0 Å². The number of rotatable bonds is 2. The van der Waals surface area contributed by atoms with E-state index in [9.17, 15) is 4.79 Å². The number of furan rings is 1. The first-order chi connectivity index (χ1) is 9.75. The van der Waals surface area contributed by atoms with E-state index in [1.807, 2.05) is 18.2 Å². The van der Waals surface area contributed by atoms with Gasteiger partial charge >= 0.3 is 0 Å². The van der Waals surface area contributed by atoms with Crippen LogP contribution in [0.2, 0.25) is 0 Å². The van der Waals surface area contributed by atoms with E-state index in [0.29, 0.717) is 10.2 Å². The molecule has 1 heterocycles. The molecule has 0 saturated carbocycles. The van der Waals surface area contributed by atoms with Crippen LogP contribution in [0.4, 0.5) is 0 Å². The average Bonchev–Trinajstić information content (AvgIpc) is 3.07. The maximum absolute atomic E-state index is 12.7. The SMILES string of the molecule is O=C(c1ccoc1Br)c1ccc2c3c(cccc13)CC2. The number of halogens is 1. The molecule has 0 bridgehead atoms. The molecule has 1 aliphatic rings. The zero-order valence-corrected chi connectivity index (χ0v) is 12.2. The van der Waals surface area contributed by atoms with Crippen LogP contribution < -0.4 is 0 Å². The fourth-order valence-electron chi connectivity index (χ4n) is 3.05. The first-order valence-electron chi connectivity index (χ1n) is 6.57. The van der Waals surface area contributed by atoms with E-state index in [0.717, 1.165) is 23.8 Å². The van der Waals surface area contributed by atoms with Crippen LogP contribution in [0, 0.1) is 0 Å². The Balaban J connectivity index is 1.98. The van der Waals surface area contributed by atoms with Crippen LogP contribution in [0.5, 0.6) is 0 Å². The summed E-state index contributed by atoms with van der Waals surface area (Å²) < 4.78 is 5.67. The summed E-state index contributed by atoms with van der Waals surface area (Å²) in [7, 11) is 0. The van der Waals surface area contributed by atoms with E-state index < -0.39 is 0 Å². The Morgan fingerprint density at radius 1 is 1.00 bits per heavy atom. The van der Waals surface area contributed by atoms with Crippen molar-refractivity contribution in [2.24, 2.45) is 0 Å². The second kappa shape index (κ2) is 4.32. The van der Waals surface area contributed by atoms with Gasteiger partial charge in [0.25, 0.3) is 0 Å². The van der Waals surface area contributed by atoms with Crippen molar-refractivity contribution in [2.45, 2.75) is 12.8 Å². The minimum absolute atomic E-state index is 0.00113. The largest absolute Gasteiger partial charge is 0.457 e. The molecule has 0 aliphatic heterocycles. The number of carbonyl (C=O) groups excluding carboxylic acids is 1. The number of hydrogen-bond donors (Lipinski definition) is 0. The highest BCUT2D eigenvalue weighted by Crippen LogP contribution is 2.34. The van der Waals surface area contributed by atoms with E-state index in [-0.39, 0.29) is 5.78 Å².